The summed E-state index contributed by atoms with van der Waals surface area (Å²) < 4.78 is 56.0. The molecule has 55 heavy (non-hydrogen) atoms. The Labute approximate surface area is 323 Å². The van der Waals surface area contributed by atoms with Crippen LogP contribution < -0.4 is 40.1 Å². The molecule has 0 heterocycles. The van der Waals surface area contributed by atoms with E-state index >= 15 is 0 Å². The molecule has 31 heteroatoms. The molecular weight excluding hydrogens is 835 g/mol. The lowest BCUT2D eigenvalue weighted by atomic mass is 10.2. The fraction of sp³-hybridized carbons (Fsp3) is 0.708. The lowest BCUT2D eigenvalue weighted by molar-refractivity contribution is -0.141. The van der Waals surface area contributed by atoms with E-state index in [0.717, 1.165) is 0 Å². The van der Waals surface area contributed by atoms with Gasteiger partial charge in [-0.1, -0.05) is 6.92 Å². The summed E-state index contributed by atoms with van der Waals surface area (Å²) in [7, 11) is -8.55. The minimum absolute atomic E-state index is 0.218. The van der Waals surface area contributed by atoms with Crippen LogP contribution in [0.3, 0.4) is 0 Å². The van der Waals surface area contributed by atoms with Gasteiger partial charge in [0.2, 0.25) is 0 Å². The van der Waals surface area contributed by atoms with Crippen LogP contribution >= 0.6 is 23.5 Å². The Morgan fingerprint density at radius 1 is 0.473 bits per heavy atom. The van der Waals surface area contributed by atoms with Crippen molar-refractivity contribution in [2.45, 2.75) is 56.0 Å². The summed E-state index contributed by atoms with van der Waals surface area (Å²) in [4.78, 5) is 70.7. The molecule has 0 amide bonds. The van der Waals surface area contributed by atoms with Crippen molar-refractivity contribution in [1.29, 1.82) is 0 Å². The summed E-state index contributed by atoms with van der Waals surface area (Å²) in [5, 5.41) is 57.9. The van der Waals surface area contributed by atoms with Gasteiger partial charge >= 0.3 is 41.8 Å². The van der Waals surface area contributed by atoms with E-state index in [2.05, 4.69) is 0 Å². The van der Waals surface area contributed by atoms with E-state index < -0.39 is 116 Å². The second-order valence-electron chi connectivity index (χ2n) is 10.4. The topological polar surface area (TPSA) is 552 Å². The molecule has 0 spiro atoms. The Hall–Kier alpha value is -3.47. The SMILES string of the molecule is CC(CN)C(=O)O.NC(CCSCC(N)C(=O)O)C(=O)O.NC(CS(=O)(=O)O)C(=O)O.NC(CS(=O)(=O)O)C(=O)O.N[C@@H](CCSC[C@H](N)C(=O)O)C(=O)O. The van der Waals surface area contributed by atoms with Gasteiger partial charge in [0, 0.05) is 18.1 Å². The highest BCUT2D eigenvalue weighted by Crippen LogP contribution is 2.06. The third-order valence-electron chi connectivity index (χ3n) is 5.20. The van der Waals surface area contributed by atoms with Crippen molar-refractivity contribution in [3.63, 3.8) is 0 Å². The van der Waals surface area contributed by atoms with Crippen molar-refractivity contribution < 1.29 is 95.2 Å². The van der Waals surface area contributed by atoms with Crippen molar-refractivity contribution in [2.75, 3.05) is 41.1 Å². The van der Waals surface area contributed by atoms with Crippen molar-refractivity contribution in [3.05, 3.63) is 0 Å². The molecular formula is C24H51N7O20S4. The number of rotatable bonds is 22. The largest absolute Gasteiger partial charge is 0.481 e. The molecule has 27 nitrogen and oxygen atoms in total. The number of thioether (sulfide) groups is 2. The lowest BCUT2D eigenvalue weighted by Crippen LogP contribution is -2.36. The minimum atomic E-state index is -4.27. The molecule has 7 atom stereocenters. The molecule has 326 valence electrons. The normalized spacial score (nSPS) is 14.5. The van der Waals surface area contributed by atoms with Gasteiger partial charge in [-0.3, -0.25) is 42.7 Å². The molecule has 0 rings (SSSR count). The molecule has 0 aliphatic heterocycles. The van der Waals surface area contributed by atoms with Crippen LogP contribution in [-0.2, 0) is 53.8 Å². The Morgan fingerprint density at radius 2 is 0.709 bits per heavy atom. The van der Waals surface area contributed by atoms with Gasteiger partial charge in [0.15, 0.2) is 0 Å². The predicted octanol–water partition coefficient (Wildman–Crippen LogP) is -5.90. The summed E-state index contributed by atoms with van der Waals surface area (Å²) in [6.45, 7) is 1.79. The van der Waals surface area contributed by atoms with E-state index in [-0.39, 0.29) is 18.1 Å². The van der Waals surface area contributed by atoms with Gasteiger partial charge in [-0.25, -0.2) is 0 Å². The van der Waals surface area contributed by atoms with E-state index in [1.165, 1.54) is 23.5 Å². The number of carbonyl (C=O) groups is 7. The Bertz CT molecular complexity index is 1270. The standard InChI is InChI=1S/2C7H14N2O4S.C4H9NO2.2C3H7NO5S/c2*8-4(6(10)11)1-2-14-3-5(9)7(12)13;1-3(2-5)4(6)7;2*4-2(3(5)6)1-10(7,8)9/h2*4-5H,1-3,8-9H2,(H,10,11)(H,12,13);3H,2,5H2,1H3,(H,6,7);2*2H,1,4H2,(H,5,6)(H,7,8,9)/t4-,5-;;;;/m0..../s1. The number of aliphatic carboxylic acids is 7. The van der Waals surface area contributed by atoms with Gasteiger partial charge in [0.1, 0.15) is 47.8 Å². The Balaban J connectivity index is -0.000000193. The highest BCUT2D eigenvalue weighted by atomic mass is 32.2. The smallest absolute Gasteiger partial charge is 0.321 e. The van der Waals surface area contributed by atoms with E-state index in [4.69, 9.17) is 85.0 Å². The molecule has 0 aromatic heterocycles. The van der Waals surface area contributed by atoms with Crippen LogP contribution in [0.15, 0.2) is 0 Å². The fourth-order valence-electron chi connectivity index (χ4n) is 1.93. The first-order chi connectivity index (χ1) is 24.7. The highest BCUT2D eigenvalue weighted by molar-refractivity contribution is 7.99. The lowest BCUT2D eigenvalue weighted by Gasteiger charge is -2.07. The van der Waals surface area contributed by atoms with E-state index in [9.17, 15) is 50.4 Å². The van der Waals surface area contributed by atoms with Crippen LogP contribution in [0.1, 0.15) is 19.8 Å². The van der Waals surface area contributed by atoms with Crippen LogP contribution in [0.4, 0.5) is 0 Å². The summed E-state index contributed by atoms with van der Waals surface area (Å²) in [6, 6.07) is -6.70. The number of nitrogens with two attached hydrogens (primary N) is 7. The highest BCUT2D eigenvalue weighted by Gasteiger charge is 2.20. The summed E-state index contributed by atoms with van der Waals surface area (Å²) in [6.07, 6.45) is 0.624. The Kier molecular flexibility index (Phi) is 36.2. The van der Waals surface area contributed by atoms with Crippen molar-refractivity contribution in [1.82, 2.24) is 0 Å². The number of hydrogen-bond acceptors (Lipinski definition) is 20. The van der Waals surface area contributed by atoms with Gasteiger partial charge in [0.25, 0.3) is 20.2 Å². The van der Waals surface area contributed by atoms with Gasteiger partial charge in [-0.2, -0.15) is 40.4 Å². The first-order valence-corrected chi connectivity index (χ1v) is 20.1. The molecule has 0 bridgehead atoms. The molecule has 0 aromatic rings. The maximum absolute atomic E-state index is 10.3. The first kappa shape index (κ1) is 60.8. The van der Waals surface area contributed by atoms with Gasteiger partial charge in [0.05, 0.1) is 5.92 Å². The van der Waals surface area contributed by atoms with Gasteiger partial charge in [-0.05, 0) is 24.3 Å². The maximum atomic E-state index is 10.3. The summed E-state index contributed by atoms with van der Waals surface area (Å²) in [5.41, 5.74) is 35.4. The minimum Gasteiger partial charge on any atom is -0.481 e. The zero-order chi connectivity index (χ0) is 44.9. The number of hydrogen-bond donors (Lipinski definition) is 16. The van der Waals surface area contributed by atoms with E-state index in [0.29, 0.717) is 24.3 Å². The molecule has 0 saturated heterocycles. The quantitative estimate of drug-likeness (QED) is 0.0355. The van der Waals surface area contributed by atoms with Crippen molar-refractivity contribution in [2.24, 2.45) is 46.1 Å². The van der Waals surface area contributed by atoms with Crippen LogP contribution in [0.5, 0.6) is 0 Å². The van der Waals surface area contributed by atoms with Gasteiger partial charge in [-0.15, -0.1) is 0 Å². The predicted molar refractivity (Wildman–Crippen MR) is 196 cm³/mol. The van der Waals surface area contributed by atoms with E-state index in [1.807, 2.05) is 0 Å². The summed E-state index contributed by atoms with van der Waals surface area (Å²) >= 11 is 2.57. The van der Waals surface area contributed by atoms with Crippen LogP contribution in [0.25, 0.3) is 0 Å². The maximum Gasteiger partial charge on any atom is 0.321 e. The third kappa shape index (κ3) is 46.6. The zero-order valence-electron chi connectivity index (χ0n) is 29.1. The molecule has 0 aromatic carbocycles. The second kappa shape index (κ2) is 32.7. The van der Waals surface area contributed by atoms with Crippen molar-refractivity contribution >= 4 is 85.5 Å². The van der Waals surface area contributed by atoms with E-state index in [1.54, 1.807) is 6.92 Å². The average Bonchev–Trinajstić information content (AvgIpc) is 3.03. The van der Waals surface area contributed by atoms with Gasteiger partial charge < -0.3 is 75.9 Å². The van der Waals surface area contributed by atoms with Crippen molar-refractivity contribution in [3.8, 4) is 0 Å². The monoisotopic (exact) mass is 885 g/mol. The molecule has 0 aliphatic carbocycles. The average molecular weight is 886 g/mol. The molecule has 5 unspecified atom stereocenters. The van der Waals surface area contributed by atoms with Crippen LogP contribution in [0.2, 0.25) is 0 Å². The Morgan fingerprint density at radius 3 is 0.836 bits per heavy atom. The summed E-state index contributed by atoms with van der Waals surface area (Å²) in [5.74, 6) is -8.75. The molecule has 0 fully saturated rings. The molecule has 0 saturated carbocycles. The molecule has 0 radical (unpaired) electrons. The molecule has 0 aliphatic rings. The zero-order valence-corrected chi connectivity index (χ0v) is 32.4. The second-order valence-corrected chi connectivity index (χ2v) is 15.7. The first-order valence-electron chi connectivity index (χ1n) is 14.6. The fourth-order valence-corrected chi connectivity index (χ4v) is 5.09. The number of carboxylic acid groups (broad SMARTS) is 7. The van der Waals surface area contributed by atoms with Crippen LogP contribution in [-0.4, -0.2) is 181 Å². The third-order valence-corrected chi connectivity index (χ3v) is 9.00. The van der Waals surface area contributed by atoms with Crippen LogP contribution in [0, 0.1) is 5.92 Å². The molecule has 23 N–H and O–H groups in total. The number of carboxylic acids is 7.